The molecule has 0 saturated heterocycles. The van der Waals surface area contributed by atoms with Crippen molar-refractivity contribution in [1.82, 2.24) is 5.16 Å². The second-order valence-corrected chi connectivity index (χ2v) is 7.27. The van der Waals surface area contributed by atoms with Crippen molar-refractivity contribution >= 4 is 17.5 Å². The number of nitrogen functional groups attached to an aromatic ring is 1. The van der Waals surface area contributed by atoms with Crippen molar-refractivity contribution < 1.29 is 4.52 Å². The summed E-state index contributed by atoms with van der Waals surface area (Å²) in [7, 11) is 0. The number of fused-ring (bicyclic) bond motifs is 5. The van der Waals surface area contributed by atoms with Crippen LogP contribution in [0.15, 0.2) is 28.8 Å². The van der Waals surface area contributed by atoms with Gasteiger partial charge >= 0.3 is 0 Å². The van der Waals surface area contributed by atoms with Gasteiger partial charge < -0.3 is 10.3 Å². The van der Waals surface area contributed by atoms with Crippen molar-refractivity contribution in [3.8, 4) is 11.1 Å². The van der Waals surface area contributed by atoms with Gasteiger partial charge in [-0.1, -0.05) is 28.9 Å². The SMILES string of the molecule is Nc1onc(C2C3C4CCC(C4)C23)c1-c1cccc(Cl)c1. The Bertz CT molecular complexity index is 709. The highest BCUT2D eigenvalue weighted by Crippen LogP contribution is 2.73. The van der Waals surface area contributed by atoms with E-state index in [2.05, 4.69) is 5.16 Å². The standard InChI is InChI=1S/C17H17ClN2O/c18-11-3-1-2-8(7-11)14-16(20-21-17(14)19)15-12-9-4-5-10(6-9)13(12)15/h1-3,7,9-10,12-13,15H,4-6,19H2. The van der Waals surface area contributed by atoms with Crippen molar-refractivity contribution in [3.05, 3.63) is 35.0 Å². The van der Waals surface area contributed by atoms with E-state index in [1.165, 1.54) is 19.3 Å². The Morgan fingerprint density at radius 1 is 1.19 bits per heavy atom. The summed E-state index contributed by atoms with van der Waals surface area (Å²) in [5, 5.41) is 5.04. The summed E-state index contributed by atoms with van der Waals surface area (Å²) in [6.07, 6.45) is 4.25. The molecule has 0 spiro atoms. The summed E-state index contributed by atoms with van der Waals surface area (Å²) in [5.74, 6) is 4.46. The number of hydrogen-bond donors (Lipinski definition) is 1. The maximum Gasteiger partial charge on any atom is 0.230 e. The van der Waals surface area contributed by atoms with Gasteiger partial charge in [0.2, 0.25) is 5.88 Å². The minimum absolute atomic E-state index is 0.421. The van der Waals surface area contributed by atoms with Gasteiger partial charge in [-0.15, -0.1) is 0 Å². The van der Waals surface area contributed by atoms with Gasteiger partial charge in [0.15, 0.2) is 0 Å². The zero-order valence-electron chi connectivity index (χ0n) is 11.6. The van der Waals surface area contributed by atoms with Crippen LogP contribution >= 0.6 is 11.6 Å². The van der Waals surface area contributed by atoms with Gasteiger partial charge in [0, 0.05) is 10.9 Å². The number of anilines is 1. The van der Waals surface area contributed by atoms with Crippen LogP contribution in [0.1, 0.15) is 30.9 Å². The number of aromatic nitrogens is 1. The van der Waals surface area contributed by atoms with E-state index >= 15 is 0 Å². The average molecular weight is 301 g/mol. The Kier molecular flexibility index (Phi) is 2.33. The van der Waals surface area contributed by atoms with Gasteiger partial charge in [-0.25, -0.2) is 0 Å². The van der Waals surface area contributed by atoms with Crippen molar-refractivity contribution in [2.24, 2.45) is 23.7 Å². The molecule has 0 aliphatic heterocycles. The van der Waals surface area contributed by atoms with E-state index in [1.807, 2.05) is 24.3 Å². The molecule has 3 nitrogen and oxygen atoms in total. The third-order valence-corrected chi connectivity index (χ3v) is 6.14. The van der Waals surface area contributed by atoms with Gasteiger partial charge in [0.25, 0.3) is 0 Å². The molecule has 5 rings (SSSR count). The van der Waals surface area contributed by atoms with Crippen LogP contribution in [0.4, 0.5) is 5.88 Å². The Balaban J connectivity index is 1.58. The van der Waals surface area contributed by atoms with E-state index in [0.717, 1.165) is 45.5 Å². The largest absolute Gasteiger partial charge is 0.367 e. The van der Waals surface area contributed by atoms with E-state index in [-0.39, 0.29) is 0 Å². The van der Waals surface area contributed by atoms with E-state index in [4.69, 9.17) is 21.9 Å². The smallest absolute Gasteiger partial charge is 0.230 e. The molecule has 3 aliphatic rings. The number of rotatable bonds is 2. The van der Waals surface area contributed by atoms with Crippen LogP contribution in [-0.2, 0) is 0 Å². The predicted octanol–water partition coefficient (Wildman–Crippen LogP) is 4.34. The second-order valence-electron chi connectivity index (χ2n) is 6.83. The topological polar surface area (TPSA) is 52.0 Å². The lowest BCUT2D eigenvalue weighted by molar-refractivity contribution is 0.417. The highest BCUT2D eigenvalue weighted by molar-refractivity contribution is 6.30. The molecule has 3 aliphatic carbocycles. The normalized spacial score (nSPS) is 36.0. The summed E-state index contributed by atoms with van der Waals surface area (Å²) in [4.78, 5) is 0. The van der Waals surface area contributed by atoms with Gasteiger partial charge in [0.05, 0.1) is 11.3 Å². The molecule has 2 bridgehead atoms. The lowest BCUT2D eigenvalue weighted by atomic mass is 9.96. The minimum atomic E-state index is 0.421. The molecule has 4 heteroatoms. The molecule has 1 aromatic carbocycles. The molecule has 21 heavy (non-hydrogen) atoms. The summed E-state index contributed by atoms with van der Waals surface area (Å²) in [6, 6.07) is 7.80. The molecule has 0 amide bonds. The molecule has 4 unspecified atom stereocenters. The number of nitrogens with zero attached hydrogens (tertiary/aromatic N) is 1. The fourth-order valence-electron chi connectivity index (χ4n) is 5.17. The van der Waals surface area contributed by atoms with E-state index in [9.17, 15) is 0 Å². The van der Waals surface area contributed by atoms with Gasteiger partial charge in [-0.05, 0) is 60.6 Å². The zero-order chi connectivity index (χ0) is 14.1. The van der Waals surface area contributed by atoms with Gasteiger partial charge in [-0.2, -0.15) is 0 Å². The maximum atomic E-state index is 6.12. The van der Waals surface area contributed by atoms with Crippen LogP contribution < -0.4 is 5.73 Å². The fourth-order valence-corrected chi connectivity index (χ4v) is 5.36. The monoisotopic (exact) mass is 300 g/mol. The lowest BCUT2D eigenvalue weighted by Crippen LogP contribution is -1.99. The first kappa shape index (κ1) is 12.1. The quantitative estimate of drug-likeness (QED) is 0.897. The highest BCUT2D eigenvalue weighted by Gasteiger charge is 2.66. The molecule has 2 N–H and O–H groups in total. The molecule has 108 valence electrons. The van der Waals surface area contributed by atoms with Gasteiger partial charge in [0.1, 0.15) is 0 Å². The third kappa shape index (κ3) is 1.58. The van der Waals surface area contributed by atoms with Crippen molar-refractivity contribution in [2.75, 3.05) is 5.73 Å². The molecule has 2 aromatic rings. The first-order valence-corrected chi connectivity index (χ1v) is 8.13. The molecule has 1 aromatic heterocycles. The van der Waals surface area contributed by atoms with E-state index in [0.29, 0.717) is 11.8 Å². The molecule has 3 saturated carbocycles. The first-order valence-electron chi connectivity index (χ1n) is 7.75. The summed E-state index contributed by atoms with van der Waals surface area (Å²) in [5.41, 5.74) is 9.11. The molecular weight excluding hydrogens is 284 g/mol. The number of benzene rings is 1. The van der Waals surface area contributed by atoms with Crippen molar-refractivity contribution in [3.63, 3.8) is 0 Å². The Morgan fingerprint density at radius 3 is 2.67 bits per heavy atom. The predicted molar refractivity (Wildman–Crippen MR) is 81.9 cm³/mol. The Labute approximate surface area is 128 Å². The van der Waals surface area contributed by atoms with Crippen LogP contribution in [0, 0.1) is 23.7 Å². The molecule has 1 heterocycles. The zero-order valence-corrected chi connectivity index (χ0v) is 12.4. The molecule has 0 radical (unpaired) electrons. The summed E-state index contributed by atoms with van der Waals surface area (Å²) < 4.78 is 5.33. The van der Waals surface area contributed by atoms with Crippen LogP contribution in [0.25, 0.3) is 11.1 Å². The number of halogens is 1. The second kappa shape index (κ2) is 4.04. The molecule has 3 fully saturated rings. The number of hydrogen-bond acceptors (Lipinski definition) is 3. The van der Waals surface area contributed by atoms with E-state index in [1.54, 1.807) is 0 Å². The molecular formula is C17H17ClN2O. The summed E-state index contributed by atoms with van der Waals surface area (Å²) in [6.45, 7) is 0. The lowest BCUT2D eigenvalue weighted by Gasteiger charge is -2.08. The first-order chi connectivity index (χ1) is 10.2. The highest BCUT2D eigenvalue weighted by atomic mass is 35.5. The number of nitrogens with two attached hydrogens (primary N) is 1. The third-order valence-electron chi connectivity index (χ3n) is 5.91. The minimum Gasteiger partial charge on any atom is -0.367 e. The Morgan fingerprint density at radius 2 is 1.95 bits per heavy atom. The fraction of sp³-hybridized carbons (Fsp3) is 0.471. The van der Waals surface area contributed by atoms with Crippen LogP contribution in [-0.4, -0.2) is 5.16 Å². The van der Waals surface area contributed by atoms with E-state index < -0.39 is 0 Å². The van der Waals surface area contributed by atoms with Gasteiger partial charge in [-0.3, -0.25) is 0 Å². The van der Waals surface area contributed by atoms with Crippen LogP contribution in [0.2, 0.25) is 5.02 Å². The maximum absolute atomic E-state index is 6.12. The average Bonchev–Trinajstić information content (AvgIpc) is 2.80. The molecule has 4 atom stereocenters. The van der Waals surface area contributed by atoms with Crippen molar-refractivity contribution in [2.45, 2.75) is 25.2 Å². The van der Waals surface area contributed by atoms with Crippen LogP contribution in [0.3, 0.4) is 0 Å². The Hall–Kier alpha value is -1.48. The summed E-state index contributed by atoms with van der Waals surface area (Å²) >= 11 is 6.12. The van der Waals surface area contributed by atoms with Crippen molar-refractivity contribution in [1.29, 1.82) is 0 Å². The van der Waals surface area contributed by atoms with Crippen LogP contribution in [0.5, 0.6) is 0 Å².